The summed E-state index contributed by atoms with van der Waals surface area (Å²) in [5, 5.41) is 9.88. The fraction of sp³-hybridized carbons (Fsp3) is 0.263. The Hall–Kier alpha value is -1.79. The molecule has 25 heavy (non-hydrogen) atoms. The molecule has 6 heteroatoms. The number of rotatable bonds is 6. The second-order valence-corrected chi connectivity index (χ2v) is 7.84. The third-order valence-electron chi connectivity index (χ3n) is 4.20. The van der Waals surface area contributed by atoms with Gasteiger partial charge in [-0.15, -0.1) is 10.2 Å². The van der Waals surface area contributed by atoms with Crippen molar-refractivity contribution in [3.63, 3.8) is 0 Å². The van der Waals surface area contributed by atoms with Gasteiger partial charge in [-0.25, -0.2) is 0 Å². The van der Waals surface area contributed by atoms with E-state index in [0.29, 0.717) is 5.92 Å². The van der Waals surface area contributed by atoms with Gasteiger partial charge in [0.2, 0.25) is 0 Å². The summed E-state index contributed by atoms with van der Waals surface area (Å²) in [6.07, 6.45) is 2.42. The normalized spacial score (nSPS) is 13.8. The molecule has 0 unspecified atom stereocenters. The van der Waals surface area contributed by atoms with Crippen molar-refractivity contribution in [2.45, 2.75) is 29.7 Å². The standard InChI is InChI=1S/C19H18BrN3OS/c1-24-17-10-7-13(11-16(17)20)12-25-19-22-21-18(14-8-9-14)23(19)15-5-3-2-4-6-15/h2-7,10-11,14H,8-9,12H2,1H3. The number of hydrogen-bond acceptors (Lipinski definition) is 4. The van der Waals surface area contributed by atoms with Gasteiger partial charge >= 0.3 is 0 Å². The van der Waals surface area contributed by atoms with Crippen LogP contribution >= 0.6 is 27.7 Å². The van der Waals surface area contributed by atoms with E-state index in [1.54, 1.807) is 18.9 Å². The summed E-state index contributed by atoms with van der Waals surface area (Å²) >= 11 is 5.26. The number of nitrogens with zero attached hydrogens (tertiary/aromatic N) is 3. The van der Waals surface area contributed by atoms with E-state index in [4.69, 9.17) is 4.74 Å². The maximum atomic E-state index is 5.30. The van der Waals surface area contributed by atoms with Crippen LogP contribution in [0.3, 0.4) is 0 Å². The monoisotopic (exact) mass is 415 g/mol. The Kier molecular flexibility index (Phi) is 4.81. The van der Waals surface area contributed by atoms with Gasteiger partial charge in [-0.05, 0) is 58.6 Å². The first-order valence-electron chi connectivity index (χ1n) is 8.22. The van der Waals surface area contributed by atoms with Gasteiger partial charge in [0.05, 0.1) is 11.6 Å². The van der Waals surface area contributed by atoms with Crippen LogP contribution in [0.2, 0.25) is 0 Å². The van der Waals surface area contributed by atoms with Gasteiger partial charge in [-0.3, -0.25) is 4.57 Å². The Morgan fingerprint density at radius 2 is 1.96 bits per heavy atom. The summed E-state index contributed by atoms with van der Waals surface area (Å²) < 4.78 is 8.47. The molecule has 0 atom stereocenters. The average Bonchev–Trinajstić information content (AvgIpc) is 3.40. The van der Waals surface area contributed by atoms with Crippen LogP contribution in [0.25, 0.3) is 5.69 Å². The number of hydrogen-bond donors (Lipinski definition) is 0. The van der Waals surface area contributed by atoms with Crippen LogP contribution in [-0.4, -0.2) is 21.9 Å². The molecular formula is C19H18BrN3OS. The predicted molar refractivity (Wildman–Crippen MR) is 104 cm³/mol. The van der Waals surface area contributed by atoms with Crippen LogP contribution in [0.4, 0.5) is 0 Å². The zero-order valence-electron chi connectivity index (χ0n) is 13.9. The zero-order valence-corrected chi connectivity index (χ0v) is 16.3. The number of benzene rings is 2. The molecule has 1 saturated carbocycles. The van der Waals surface area contributed by atoms with Gasteiger partial charge < -0.3 is 4.74 Å². The number of para-hydroxylation sites is 1. The first-order chi connectivity index (χ1) is 12.3. The maximum Gasteiger partial charge on any atom is 0.196 e. The fourth-order valence-electron chi connectivity index (χ4n) is 2.75. The SMILES string of the molecule is COc1ccc(CSc2nnc(C3CC3)n2-c2ccccc2)cc1Br. The third kappa shape index (κ3) is 3.60. The Balaban J connectivity index is 1.59. The molecule has 0 radical (unpaired) electrons. The van der Waals surface area contributed by atoms with Crippen molar-refractivity contribution in [2.24, 2.45) is 0 Å². The summed E-state index contributed by atoms with van der Waals surface area (Å²) in [5.41, 5.74) is 2.35. The smallest absolute Gasteiger partial charge is 0.196 e. The molecule has 4 nitrogen and oxygen atoms in total. The summed E-state index contributed by atoms with van der Waals surface area (Å²) in [5.74, 6) is 3.32. The predicted octanol–water partition coefficient (Wildman–Crippen LogP) is 5.21. The third-order valence-corrected chi connectivity index (χ3v) is 5.82. The van der Waals surface area contributed by atoms with Gasteiger partial charge in [-0.1, -0.05) is 36.0 Å². The van der Waals surface area contributed by atoms with Gasteiger partial charge in [0.15, 0.2) is 5.16 Å². The van der Waals surface area contributed by atoms with Crippen LogP contribution in [0.5, 0.6) is 5.75 Å². The quantitative estimate of drug-likeness (QED) is 0.518. The molecule has 0 aliphatic heterocycles. The van der Waals surface area contributed by atoms with E-state index in [1.165, 1.54) is 18.4 Å². The summed E-state index contributed by atoms with van der Waals surface area (Å²) in [7, 11) is 1.68. The van der Waals surface area contributed by atoms with Crippen molar-refractivity contribution in [1.82, 2.24) is 14.8 Å². The van der Waals surface area contributed by atoms with Crippen molar-refractivity contribution in [3.8, 4) is 11.4 Å². The lowest BCUT2D eigenvalue weighted by Gasteiger charge is -2.10. The number of aromatic nitrogens is 3. The molecule has 0 saturated heterocycles. The molecule has 1 fully saturated rings. The van der Waals surface area contributed by atoms with Crippen molar-refractivity contribution in [3.05, 3.63) is 64.4 Å². The minimum atomic E-state index is 0.553. The lowest BCUT2D eigenvalue weighted by Crippen LogP contribution is -2.01. The lowest BCUT2D eigenvalue weighted by molar-refractivity contribution is 0.412. The number of methoxy groups -OCH3 is 1. The first kappa shape index (κ1) is 16.7. The van der Waals surface area contributed by atoms with Crippen LogP contribution in [0.15, 0.2) is 58.2 Å². The molecule has 4 rings (SSSR count). The second-order valence-electron chi connectivity index (χ2n) is 6.04. The molecule has 3 aromatic rings. The molecule has 0 amide bonds. The van der Waals surface area contributed by atoms with Crippen molar-refractivity contribution < 1.29 is 4.74 Å². The van der Waals surface area contributed by atoms with E-state index in [-0.39, 0.29) is 0 Å². The molecule has 0 bridgehead atoms. The van der Waals surface area contributed by atoms with E-state index >= 15 is 0 Å². The van der Waals surface area contributed by atoms with E-state index in [9.17, 15) is 0 Å². The van der Waals surface area contributed by atoms with Crippen molar-refractivity contribution in [1.29, 1.82) is 0 Å². The zero-order chi connectivity index (χ0) is 17.2. The Morgan fingerprint density at radius 3 is 2.64 bits per heavy atom. The number of halogens is 1. The molecule has 1 aliphatic carbocycles. The highest BCUT2D eigenvalue weighted by molar-refractivity contribution is 9.10. The molecule has 0 N–H and O–H groups in total. The van der Waals surface area contributed by atoms with Crippen LogP contribution in [0, 0.1) is 0 Å². The molecule has 2 aromatic carbocycles. The van der Waals surface area contributed by atoms with E-state index in [1.807, 2.05) is 12.1 Å². The second kappa shape index (κ2) is 7.22. The van der Waals surface area contributed by atoms with Crippen molar-refractivity contribution >= 4 is 27.7 Å². The molecule has 1 aliphatic rings. The van der Waals surface area contributed by atoms with E-state index in [2.05, 4.69) is 67.1 Å². The lowest BCUT2D eigenvalue weighted by atomic mass is 10.2. The minimum Gasteiger partial charge on any atom is -0.496 e. The van der Waals surface area contributed by atoms with Crippen LogP contribution in [-0.2, 0) is 5.75 Å². The highest BCUT2D eigenvalue weighted by Crippen LogP contribution is 2.41. The van der Waals surface area contributed by atoms with Crippen LogP contribution in [0.1, 0.15) is 30.1 Å². The van der Waals surface area contributed by atoms with Crippen molar-refractivity contribution in [2.75, 3.05) is 7.11 Å². The van der Waals surface area contributed by atoms with E-state index < -0.39 is 0 Å². The molecular weight excluding hydrogens is 398 g/mol. The topological polar surface area (TPSA) is 39.9 Å². The van der Waals surface area contributed by atoms with Gasteiger partial charge in [0.25, 0.3) is 0 Å². The fourth-order valence-corrected chi connectivity index (χ4v) is 4.24. The highest BCUT2D eigenvalue weighted by atomic mass is 79.9. The first-order valence-corrected chi connectivity index (χ1v) is 10.00. The maximum absolute atomic E-state index is 5.30. The molecule has 128 valence electrons. The van der Waals surface area contributed by atoms with E-state index in [0.717, 1.165) is 32.6 Å². The average molecular weight is 416 g/mol. The highest BCUT2D eigenvalue weighted by Gasteiger charge is 2.31. The number of ether oxygens (including phenoxy) is 1. The number of thioether (sulfide) groups is 1. The van der Waals surface area contributed by atoms with Gasteiger partial charge in [0, 0.05) is 17.4 Å². The Morgan fingerprint density at radius 1 is 1.16 bits per heavy atom. The van der Waals surface area contributed by atoms with Gasteiger partial charge in [0.1, 0.15) is 11.6 Å². The molecule has 1 heterocycles. The minimum absolute atomic E-state index is 0.553. The summed E-state index contributed by atoms with van der Waals surface area (Å²) in [6.45, 7) is 0. The summed E-state index contributed by atoms with van der Waals surface area (Å²) in [4.78, 5) is 0. The molecule has 0 spiro atoms. The Labute approximate surface area is 159 Å². The van der Waals surface area contributed by atoms with Crippen LogP contribution < -0.4 is 4.74 Å². The summed E-state index contributed by atoms with van der Waals surface area (Å²) in [6, 6.07) is 16.5. The Bertz CT molecular complexity index is 878. The molecule has 1 aromatic heterocycles. The van der Waals surface area contributed by atoms with Gasteiger partial charge in [-0.2, -0.15) is 0 Å². The largest absolute Gasteiger partial charge is 0.496 e.